The van der Waals surface area contributed by atoms with E-state index in [0.717, 1.165) is 6.42 Å². The molecule has 0 unspecified atom stereocenters. The molecule has 1 heterocycles. The van der Waals surface area contributed by atoms with Gasteiger partial charge in [-0.05, 0) is 19.8 Å². The highest BCUT2D eigenvalue weighted by Crippen LogP contribution is 2.23. The Hall–Kier alpha value is -0.370. The SMILES string of the molecule is CC(C)[C@@H]1CC(=O)CN1C(C)C. The van der Waals surface area contributed by atoms with E-state index in [1.165, 1.54) is 0 Å². The zero-order valence-electron chi connectivity index (χ0n) is 8.50. The van der Waals surface area contributed by atoms with Crippen LogP contribution in [-0.2, 0) is 4.79 Å². The van der Waals surface area contributed by atoms with Crippen LogP contribution in [0.5, 0.6) is 0 Å². The highest BCUT2D eigenvalue weighted by Gasteiger charge is 2.33. The van der Waals surface area contributed by atoms with Crippen LogP contribution in [0.1, 0.15) is 34.1 Å². The van der Waals surface area contributed by atoms with Crippen molar-refractivity contribution in [2.45, 2.75) is 46.2 Å². The summed E-state index contributed by atoms with van der Waals surface area (Å²) in [7, 11) is 0. The summed E-state index contributed by atoms with van der Waals surface area (Å²) in [5.74, 6) is 1.00. The Balaban J connectivity index is 2.65. The summed E-state index contributed by atoms with van der Waals surface area (Å²) in [5.41, 5.74) is 0. The van der Waals surface area contributed by atoms with E-state index in [1.54, 1.807) is 0 Å². The first-order valence-corrected chi connectivity index (χ1v) is 4.79. The molecule has 70 valence electrons. The maximum atomic E-state index is 11.2. The van der Waals surface area contributed by atoms with Crippen molar-refractivity contribution in [1.82, 2.24) is 4.90 Å². The van der Waals surface area contributed by atoms with Crippen LogP contribution >= 0.6 is 0 Å². The lowest BCUT2D eigenvalue weighted by atomic mass is 10.0. The second-order valence-electron chi connectivity index (χ2n) is 4.32. The van der Waals surface area contributed by atoms with Crippen molar-refractivity contribution < 1.29 is 4.79 Å². The molecule has 0 aromatic heterocycles. The fourth-order valence-corrected chi connectivity index (χ4v) is 1.92. The van der Waals surface area contributed by atoms with Crippen LogP contribution < -0.4 is 0 Å². The Labute approximate surface area is 74.9 Å². The van der Waals surface area contributed by atoms with Gasteiger partial charge in [0.1, 0.15) is 5.78 Å². The number of hydrogen-bond donors (Lipinski definition) is 0. The van der Waals surface area contributed by atoms with E-state index in [4.69, 9.17) is 0 Å². The van der Waals surface area contributed by atoms with Crippen molar-refractivity contribution in [2.75, 3.05) is 6.54 Å². The van der Waals surface area contributed by atoms with Crippen molar-refractivity contribution in [3.8, 4) is 0 Å². The maximum Gasteiger partial charge on any atom is 0.148 e. The van der Waals surface area contributed by atoms with E-state index in [-0.39, 0.29) is 0 Å². The summed E-state index contributed by atoms with van der Waals surface area (Å²) >= 11 is 0. The number of carbonyl (C=O) groups is 1. The van der Waals surface area contributed by atoms with Gasteiger partial charge in [-0.15, -0.1) is 0 Å². The van der Waals surface area contributed by atoms with Crippen LogP contribution in [0.4, 0.5) is 0 Å². The number of Topliss-reactive ketones (excluding diaryl/α,β-unsaturated/α-hetero) is 1. The molecule has 1 aliphatic heterocycles. The fourth-order valence-electron chi connectivity index (χ4n) is 1.92. The van der Waals surface area contributed by atoms with Crippen molar-refractivity contribution in [1.29, 1.82) is 0 Å². The molecule has 0 amide bonds. The molecule has 0 spiro atoms. The van der Waals surface area contributed by atoms with Crippen LogP contribution in [0, 0.1) is 5.92 Å². The molecular weight excluding hydrogens is 150 g/mol. The van der Waals surface area contributed by atoms with Crippen molar-refractivity contribution >= 4 is 5.78 Å². The smallest absolute Gasteiger partial charge is 0.148 e. The minimum atomic E-state index is 0.405. The molecule has 1 atom stereocenters. The maximum absolute atomic E-state index is 11.2. The molecule has 2 nitrogen and oxygen atoms in total. The summed E-state index contributed by atoms with van der Waals surface area (Å²) in [4.78, 5) is 13.5. The van der Waals surface area contributed by atoms with Gasteiger partial charge in [0.05, 0.1) is 6.54 Å². The number of hydrogen-bond acceptors (Lipinski definition) is 2. The highest BCUT2D eigenvalue weighted by atomic mass is 16.1. The van der Waals surface area contributed by atoms with E-state index < -0.39 is 0 Å². The van der Waals surface area contributed by atoms with Gasteiger partial charge in [-0.2, -0.15) is 0 Å². The second-order valence-corrected chi connectivity index (χ2v) is 4.32. The molecule has 0 radical (unpaired) electrons. The number of carbonyl (C=O) groups excluding carboxylic acids is 1. The number of likely N-dealkylation sites (tertiary alicyclic amines) is 1. The first-order chi connectivity index (χ1) is 5.52. The average Bonchev–Trinajstić information content (AvgIpc) is 2.31. The molecule has 1 aliphatic rings. The zero-order valence-corrected chi connectivity index (χ0v) is 8.50. The van der Waals surface area contributed by atoms with Gasteiger partial charge in [-0.1, -0.05) is 13.8 Å². The Morgan fingerprint density at radius 3 is 2.25 bits per heavy atom. The highest BCUT2D eigenvalue weighted by molar-refractivity contribution is 5.83. The summed E-state index contributed by atoms with van der Waals surface area (Å²) < 4.78 is 0. The molecular formula is C10H19NO. The lowest BCUT2D eigenvalue weighted by molar-refractivity contribution is -0.117. The third-order valence-corrected chi connectivity index (χ3v) is 2.65. The molecule has 0 bridgehead atoms. The van der Waals surface area contributed by atoms with Crippen LogP contribution in [-0.4, -0.2) is 29.3 Å². The zero-order chi connectivity index (χ0) is 9.30. The first kappa shape index (κ1) is 9.72. The normalized spacial score (nSPS) is 26.2. The number of rotatable bonds is 2. The van der Waals surface area contributed by atoms with Crippen molar-refractivity contribution in [3.05, 3.63) is 0 Å². The molecule has 2 heteroatoms. The Bertz CT molecular complexity index is 157. The molecule has 0 aromatic rings. The molecule has 0 saturated carbocycles. The van der Waals surface area contributed by atoms with E-state index in [2.05, 4.69) is 32.6 Å². The van der Waals surface area contributed by atoms with Crippen LogP contribution in [0.3, 0.4) is 0 Å². The minimum Gasteiger partial charge on any atom is -0.298 e. The minimum absolute atomic E-state index is 0.405. The lowest BCUT2D eigenvalue weighted by Gasteiger charge is -2.29. The fraction of sp³-hybridized carbons (Fsp3) is 0.900. The average molecular weight is 169 g/mol. The number of ketones is 1. The quantitative estimate of drug-likeness (QED) is 0.627. The molecule has 12 heavy (non-hydrogen) atoms. The van der Waals surface area contributed by atoms with Crippen molar-refractivity contribution in [2.24, 2.45) is 5.92 Å². The summed E-state index contributed by atoms with van der Waals surface area (Å²) in [6.07, 6.45) is 0.760. The largest absolute Gasteiger partial charge is 0.298 e. The van der Waals surface area contributed by atoms with E-state index in [9.17, 15) is 4.79 Å². The summed E-state index contributed by atoms with van der Waals surface area (Å²) in [6, 6.07) is 0.987. The first-order valence-electron chi connectivity index (χ1n) is 4.79. The third-order valence-electron chi connectivity index (χ3n) is 2.65. The van der Waals surface area contributed by atoms with Crippen LogP contribution in [0.25, 0.3) is 0 Å². The third kappa shape index (κ3) is 1.86. The van der Waals surface area contributed by atoms with Gasteiger partial charge in [0.2, 0.25) is 0 Å². The number of nitrogens with zero attached hydrogens (tertiary/aromatic N) is 1. The van der Waals surface area contributed by atoms with Gasteiger partial charge in [-0.3, -0.25) is 9.69 Å². The molecule has 1 fully saturated rings. The Morgan fingerprint density at radius 2 is 1.92 bits per heavy atom. The standard InChI is InChI=1S/C10H19NO/c1-7(2)10-5-9(12)6-11(10)8(3)4/h7-8,10H,5-6H2,1-4H3/t10-/m0/s1. The molecule has 0 aliphatic carbocycles. The van der Waals surface area contributed by atoms with Crippen molar-refractivity contribution in [3.63, 3.8) is 0 Å². The Morgan fingerprint density at radius 1 is 1.33 bits per heavy atom. The summed E-state index contributed by atoms with van der Waals surface area (Å²) in [6.45, 7) is 9.37. The monoisotopic (exact) mass is 169 g/mol. The van der Waals surface area contributed by atoms with E-state index >= 15 is 0 Å². The summed E-state index contributed by atoms with van der Waals surface area (Å²) in [5, 5.41) is 0. The molecule has 0 N–H and O–H groups in total. The predicted octanol–water partition coefficient (Wildman–Crippen LogP) is 1.69. The van der Waals surface area contributed by atoms with Crippen LogP contribution in [0.2, 0.25) is 0 Å². The van der Waals surface area contributed by atoms with Gasteiger partial charge in [0.15, 0.2) is 0 Å². The molecule has 1 rings (SSSR count). The van der Waals surface area contributed by atoms with Gasteiger partial charge >= 0.3 is 0 Å². The molecule has 0 aromatic carbocycles. The second kappa shape index (κ2) is 3.56. The lowest BCUT2D eigenvalue weighted by Crippen LogP contribution is -2.38. The topological polar surface area (TPSA) is 20.3 Å². The van der Waals surface area contributed by atoms with Gasteiger partial charge in [0, 0.05) is 18.5 Å². The predicted molar refractivity (Wildman–Crippen MR) is 50.1 cm³/mol. The van der Waals surface area contributed by atoms with Gasteiger partial charge in [0.25, 0.3) is 0 Å². The van der Waals surface area contributed by atoms with Gasteiger partial charge < -0.3 is 0 Å². The van der Waals surface area contributed by atoms with E-state index in [1.807, 2.05) is 0 Å². The van der Waals surface area contributed by atoms with Crippen LogP contribution in [0.15, 0.2) is 0 Å². The molecule has 1 saturated heterocycles. The van der Waals surface area contributed by atoms with Gasteiger partial charge in [-0.25, -0.2) is 0 Å². The Kier molecular flexibility index (Phi) is 2.89. The van der Waals surface area contributed by atoms with E-state index in [0.29, 0.717) is 30.3 Å².